The average Bonchev–Trinajstić information content (AvgIpc) is 3.24. The van der Waals surface area contributed by atoms with E-state index in [1.807, 2.05) is 13.2 Å². The van der Waals surface area contributed by atoms with Crippen LogP contribution in [0.15, 0.2) is 24.5 Å². The second-order valence-corrected chi connectivity index (χ2v) is 6.88. The summed E-state index contributed by atoms with van der Waals surface area (Å²) in [7, 11) is 1.85. The van der Waals surface area contributed by atoms with Gasteiger partial charge in [0.2, 0.25) is 5.91 Å². The van der Waals surface area contributed by atoms with Crippen molar-refractivity contribution in [1.82, 2.24) is 15.1 Å². The number of hydrogen-bond acceptors (Lipinski definition) is 5. The van der Waals surface area contributed by atoms with E-state index in [4.69, 9.17) is 16.3 Å². The number of rotatable bonds is 3. The molecule has 1 aromatic carbocycles. The molecule has 2 aromatic rings. The number of anilines is 2. The standard InChI is InChI=1S/C17H18ClN5O3/c1-23-7-9(4-20-23)10-5-19-6-11(10)17(25)22-13-3-15-14(2-12(13)18)21-16(24)8-26-15/h2-4,7,10-11,19H,5-6,8H2,1H3,(H,21,24)(H,22,25)/t10-,11+/m1/s1. The van der Waals surface area contributed by atoms with Crippen molar-refractivity contribution in [1.29, 1.82) is 0 Å². The Morgan fingerprint density at radius 1 is 1.42 bits per heavy atom. The van der Waals surface area contributed by atoms with Crippen LogP contribution >= 0.6 is 11.6 Å². The number of hydrogen-bond donors (Lipinski definition) is 3. The minimum absolute atomic E-state index is 0.0515. The van der Waals surface area contributed by atoms with Gasteiger partial charge in [-0.05, 0) is 11.6 Å². The molecular weight excluding hydrogens is 358 g/mol. The molecule has 1 aromatic heterocycles. The molecule has 1 fully saturated rings. The number of carbonyl (C=O) groups excluding carboxylic acids is 2. The first-order valence-corrected chi connectivity index (χ1v) is 8.65. The lowest BCUT2D eigenvalue weighted by Gasteiger charge is -2.21. The van der Waals surface area contributed by atoms with Gasteiger partial charge in [0.15, 0.2) is 6.61 Å². The number of fused-ring (bicyclic) bond motifs is 1. The maximum Gasteiger partial charge on any atom is 0.262 e. The third-order valence-corrected chi connectivity index (χ3v) is 4.98. The summed E-state index contributed by atoms with van der Waals surface area (Å²) in [5.41, 5.74) is 1.99. The van der Waals surface area contributed by atoms with Crippen LogP contribution in [0.3, 0.4) is 0 Å². The van der Waals surface area contributed by atoms with Gasteiger partial charge in [0.05, 0.1) is 28.5 Å². The normalized spacial score (nSPS) is 21.7. The molecule has 26 heavy (non-hydrogen) atoms. The Labute approximate surface area is 154 Å². The van der Waals surface area contributed by atoms with E-state index < -0.39 is 0 Å². The number of ether oxygens (including phenoxy) is 1. The summed E-state index contributed by atoms with van der Waals surface area (Å²) in [4.78, 5) is 24.2. The van der Waals surface area contributed by atoms with Crippen LogP contribution in [-0.4, -0.2) is 41.3 Å². The molecule has 4 rings (SSSR count). The van der Waals surface area contributed by atoms with Crippen molar-refractivity contribution >= 4 is 34.8 Å². The van der Waals surface area contributed by atoms with Crippen molar-refractivity contribution in [2.24, 2.45) is 13.0 Å². The smallest absolute Gasteiger partial charge is 0.262 e. The van der Waals surface area contributed by atoms with Gasteiger partial charge in [0, 0.05) is 38.3 Å². The minimum atomic E-state index is -0.235. The molecule has 2 amide bonds. The summed E-state index contributed by atoms with van der Waals surface area (Å²) in [6.45, 7) is 1.25. The number of carbonyl (C=O) groups is 2. The van der Waals surface area contributed by atoms with Crippen LogP contribution in [0.25, 0.3) is 0 Å². The van der Waals surface area contributed by atoms with E-state index in [0.717, 1.165) is 12.1 Å². The fourth-order valence-corrected chi connectivity index (χ4v) is 3.57. The van der Waals surface area contributed by atoms with Gasteiger partial charge < -0.3 is 20.7 Å². The lowest BCUT2D eigenvalue weighted by Crippen LogP contribution is -2.28. The quantitative estimate of drug-likeness (QED) is 0.752. The van der Waals surface area contributed by atoms with Gasteiger partial charge in [0.25, 0.3) is 5.91 Å². The predicted molar refractivity (Wildman–Crippen MR) is 96.5 cm³/mol. The Kier molecular flexibility index (Phi) is 4.29. The Morgan fingerprint density at radius 2 is 2.27 bits per heavy atom. The van der Waals surface area contributed by atoms with Gasteiger partial charge in [-0.3, -0.25) is 14.3 Å². The molecule has 1 saturated heterocycles. The molecule has 0 unspecified atom stereocenters. The third kappa shape index (κ3) is 3.13. The zero-order valence-corrected chi connectivity index (χ0v) is 14.8. The van der Waals surface area contributed by atoms with E-state index >= 15 is 0 Å². The van der Waals surface area contributed by atoms with Crippen LogP contribution in [0.4, 0.5) is 11.4 Å². The number of halogens is 1. The van der Waals surface area contributed by atoms with Crippen molar-refractivity contribution in [3.63, 3.8) is 0 Å². The van der Waals surface area contributed by atoms with Crippen molar-refractivity contribution < 1.29 is 14.3 Å². The highest BCUT2D eigenvalue weighted by Crippen LogP contribution is 2.37. The highest BCUT2D eigenvalue weighted by atomic mass is 35.5. The van der Waals surface area contributed by atoms with Gasteiger partial charge in [-0.2, -0.15) is 5.10 Å². The first-order chi connectivity index (χ1) is 12.5. The molecule has 0 saturated carbocycles. The Hall–Kier alpha value is -2.58. The highest BCUT2D eigenvalue weighted by Gasteiger charge is 2.35. The van der Waals surface area contributed by atoms with E-state index in [2.05, 4.69) is 21.0 Å². The van der Waals surface area contributed by atoms with Crippen molar-refractivity contribution in [3.8, 4) is 5.75 Å². The Bertz CT molecular complexity index is 881. The first kappa shape index (κ1) is 16.9. The molecule has 3 N–H and O–H groups in total. The molecule has 0 bridgehead atoms. The molecule has 0 spiro atoms. The number of aromatic nitrogens is 2. The molecule has 3 heterocycles. The van der Waals surface area contributed by atoms with Crippen molar-refractivity contribution in [3.05, 3.63) is 35.1 Å². The van der Waals surface area contributed by atoms with Crippen LogP contribution in [0, 0.1) is 5.92 Å². The second kappa shape index (κ2) is 6.62. The maximum absolute atomic E-state index is 12.8. The molecule has 2 atom stereocenters. The summed E-state index contributed by atoms with van der Waals surface area (Å²) in [6, 6.07) is 3.21. The monoisotopic (exact) mass is 375 g/mol. The second-order valence-electron chi connectivity index (χ2n) is 6.47. The molecule has 0 radical (unpaired) electrons. The Morgan fingerprint density at radius 3 is 3.04 bits per heavy atom. The maximum atomic E-state index is 12.8. The van der Waals surface area contributed by atoms with Gasteiger partial charge >= 0.3 is 0 Å². The van der Waals surface area contributed by atoms with Crippen LogP contribution in [0.2, 0.25) is 5.02 Å². The predicted octanol–water partition coefficient (Wildman–Crippen LogP) is 1.35. The van der Waals surface area contributed by atoms with Crippen molar-refractivity contribution in [2.45, 2.75) is 5.92 Å². The summed E-state index contributed by atoms with van der Waals surface area (Å²) in [5.74, 6) is -0.0486. The van der Waals surface area contributed by atoms with Crippen LogP contribution < -0.4 is 20.7 Å². The number of nitrogens with one attached hydrogen (secondary N) is 3. The summed E-state index contributed by atoms with van der Waals surface area (Å²) < 4.78 is 7.12. The molecular formula is C17H18ClN5O3. The van der Waals surface area contributed by atoms with Crippen molar-refractivity contribution in [2.75, 3.05) is 30.3 Å². The summed E-state index contributed by atoms with van der Waals surface area (Å²) >= 11 is 6.27. The number of benzene rings is 1. The number of amides is 2. The molecule has 136 valence electrons. The molecule has 2 aliphatic rings. The molecule has 2 aliphatic heterocycles. The summed E-state index contributed by atoms with van der Waals surface area (Å²) in [5, 5.41) is 13.4. The van der Waals surface area contributed by atoms with Gasteiger partial charge in [-0.15, -0.1) is 0 Å². The molecule has 8 nitrogen and oxygen atoms in total. The highest BCUT2D eigenvalue weighted by molar-refractivity contribution is 6.34. The zero-order valence-electron chi connectivity index (χ0n) is 14.1. The van der Waals surface area contributed by atoms with E-state index in [1.54, 1.807) is 23.0 Å². The van der Waals surface area contributed by atoms with E-state index in [1.165, 1.54) is 0 Å². The fourth-order valence-electron chi connectivity index (χ4n) is 3.36. The van der Waals surface area contributed by atoms with Crippen LogP contribution in [0.5, 0.6) is 5.75 Å². The summed E-state index contributed by atoms with van der Waals surface area (Å²) in [6.07, 6.45) is 3.72. The van der Waals surface area contributed by atoms with E-state index in [0.29, 0.717) is 28.7 Å². The first-order valence-electron chi connectivity index (χ1n) is 8.27. The molecule has 9 heteroatoms. The third-order valence-electron chi connectivity index (χ3n) is 4.66. The number of aryl methyl sites for hydroxylation is 1. The van der Waals surface area contributed by atoms with Gasteiger partial charge in [0.1, 0.15) is 5.75 Å². The average molecular weight is 376 g/mol. The zero-order chi connectivity index (χ0) is 18.3. The SMILES string of the molecule is Cn1cc([C@H]2CNC[C@@H]2C(=O)Nc2cc3c(cc2Cl)NC(=O)CO3)cn1. The van der Waals surface area contributed by atoms with E-state index in [-0.39, 0.29) is 30.3 Å². The van der Waals surface area contributed by atoms with Crippen LogP contribution in [-0.2, 0) is 16.6 Å². The lowest BCUT2D eigenvalue weighted by molar-refractivity contribution is -0.120. The lowest BCUT2D eigenvalue weighted by atomic mass is 9.90. The van der Waals surface area contributed by atoms with Gasteiger partial charge in [-0.1, -0.05) is 11.6 Å². The largest absolute Gasteiger partial charge is 0.482 e. The fraction of sp³-hybridized carbons (Fsp3) is 0.353. The Balaban J connectivity index is 1.53. The van der Waals surface area contributed by atoms with Crippen LogP contribution in [0.1, 0.15) is 11.5 Å². The minimum Gasteiger partial charge on any atom is -0.482 e. The van der Waals surface area contributed by atoms with Gasteiger partial charge in [-0.25, -0.2) is 0 Å². The molecule has 0 aliphatic carbocycles. The van der Waals surface area contributed by atoms with E-state index in [9.17, 15) is 9.59 Å². The number of nitrogens with zero attached hydrogens (tertiary/aromatic N) is 2. The topological polar surface area (TPSA) is 97.3 Å².